The molecule has 0 spiro atoms. The van der Waals surface area contributed by atoms with Crippen LogP contribution in [0.5, 0.6) is 0 Å². The van der Waals surface area contributed by atoms with Crippen molar-refractivity contribution in [1.82, 2.24) is 14.9 Å². The van der Waals surface area contributed by atoms with Crippen LogP contribution in [-0.2, 0) is 17.7 Å². The van der Waals surface area contributed by atoms with Gasteiger partial charge in [-0.3, -0.25) is 4.90 Å². The normalized spacial score (nSPS) is 17.0. The van der Waals surface area contributed by atoms with Crippen molar-refractivity contribution in [3.63, 3.8) is 0 Å². The van der Waals surface area contributed by atoms with Gasteiger partial charge in [0.1, 0.15) is 0 Å². The number of carbonyl (C=O) groups excluding carboxylic acids is 1. The summed E-state index contributed by atoms with van der Waals surface area (Å²) in [6, 6.07) is 14.7. The first-order valence-electron chi connectivity index (χ1n) is 10.2. The summed E-state index contributed by atoms with van der Waals surface area (Å²) >= 11 is 0. The minimum Gasteiger partial charge on any atom is -0.465 e. The molecule has 0 saturated carbocycles. The van der Waals surface area contributed by atoms with E-state index in [1.165, 1.54) is 34.8 Å². The number of benzene rings is 2. The number of aromatic amines is 2. The maximum Gasteiger partial charge on any atom is 0.337 e. The molecule has 1 aliphatic rings. The van der Waals surface area contributed by atoms with Crippen LogP contribution >= 0.6 is 0 Å². The third kappa shape index (κ3) is 2.93. The number of hydrogen-bond acceptors (Lipinski definition) is 3. The van der Waals surface area contributed by atoms with Crippen molar-refractivity contribution in [3.8, 4) is 0 Å². The second kappa shape index (κ2) is 7.08. The number of hydrogen-bond donors (Lipinski definition) is 2. The molecule has 1 aliphatic heterocycles. The third-order valence-electron chi connectivity index (χ3n) is 6.22. The topological polar surface area (TPSA) is 61.1 Å². The molecule has 5 nitrogen and oxygen atoms in total. The molecule has 2 N–H and O–H groups in total. The quantitative estimate of drug-likeness (QED) is 0.487. The highest BCUT2D eigenvalue weighted by Gasteiger charge is 2.29. The number of para-hydroxylation sites is 1. The smallest absolute Gasteiger partial charge is 0.337 e. The average Bonchev–Trinajstić information content (AvgIpc) is 3.33. The number of nitrogens with zero attached hydrogens (tertiary/aromatic N) is 1. The highest BCUT2D eigenvalue weighted by Crippen LogP contribution is 2.37. The lowest BCUT2D eigenvalue weighted by Crippen LogP contribution is -2.34. The molecule has 2 aromatic heterocycles. The Morgan fingerprint density at radius 1 is 1.17 bits per heavy atom. The van der Waals surface area contributed by atoms with Gasteiger partial charge in [0.25, 0.3) is 0 Å². The maximum atomic E-state index is 11.8. The van der Waals surface area contributed by atoms with Crippen LogP contribution in [0.4, 0.5) is 0 Å². The fraction of sp³-hybridized carbons (Fsp3) is 0.292. The molecule has 0 aliphatic carbocycles. The van der Waals surface area contributed by atoms with Crippen LogP contribution < -0.4 is 0 Å². The van der Waals surface area contributed by atoms with Crippen molar-refractivity contribution in [3.05, 3.63) is 71.0 Å². The third-order valence-corrected chi connectivity index (χ3v) is 6.22. The molecule has 0 saturated heterocycles. The lowest BCUT2D eigenvalue weighted by Gasteiger charge is -2.35. The van der Waals surface area contributed by atoms with E-state index in [2.05, 4.69) is 52.3 Å². The Morgan fingerprint density at radius 3 is 2.86 bits per heavy atom. The summed E-state index contributed by atoms with van der Waals surface area (Å²) < 4.78 is 4.84. The number of esters is 1. The molecular weight excluding hydrogens is 362 g/mol. The Morgan fingerprint density at radius 2 is 2.03 bits per heavy atom. The summed E-state index contributed by atoms with van der Waals surface area (Å²) in [5.74, 6) is -0.309. The highest BCUT2D eigenvalue weighted by molar-refractivity contribution is 5.95. The van der Waals surface area contributed by atoms with E-state index >= 15 is 0 Å². The molecule has 2 aromatic carbocycles. The molecule has 4 aromatic rings. The molecular formula is C24H25N3O2. The minimum absolute atomic E-state index is 0.309. The number of H-pyrrole nitrogens is 2. The van der Waals surface area contributed by atoms with E-state index in [-0.39, 0.29) is 5.97 Å². The molecule has 0 bridgehead atoms. The van der Waals surface area contributed by atoms with Gasteiger partial charge in [-0.05, 0) is 42.2 Å². The van der Waals surface area contributed by atoms with Crippen LogP contribution in [0, 0.1) is 0 Å². The zero-order valence-electron chi connectivity index (χ0n) is 16.8. The Balaban J connectivity index is 1.46. The highest BCUT2D eigenvalue weighted by atomic mass is 16.5. The molecule has 0 fully saturated rings. The van der Waals surface area contributed by atoms with Gasteiger partial charge in [-0.25, -0.2) is 4.79 Å². The van der Waals surface area contributed by atoms with E-state index in [1.54, 1.807) is 0 Å². The largest absolute Gasteiger partial charge is 0.465 e. The number of rotatable bonds is 4. The predicted molar refractivity (Wildman–Crippen MR) is 115 cm³/mol. The molecule has 1 atom stereocenters. The zero-order valence-corrected chi connectivity index (χ0v) is 16.8. The van der Waals surface area contributed by atoms with Crippen LogP contribution in [0.1, 0.15) is 46.6 Å². The van der Waals surface area contributed by atoms with Gasteiger partial charge in [0.15, 0.2) is 0 Å². The standard InChI is InChI=1S/C24H25N3O2/c1-3-22-23-19(18-6-4-5-7-20(18)26-23)10-11-27(22)14-16-13-25-21-12-15(24(28)29-2)8-9-17(16)21/h4-9,12-13,22,25-26H,3,10-11,14H2,1-2H3. The van der Waals surface area contributed by atoms with Gasteiger partial charge < -0.3 is 14.7 Å². The van der Waals surface area contributed by atoms with E-state index in [4.69, 9.17) is 4.74 Å². The van der Waals surface area contributed by atoms with Gasteiger partial charge >= 0.3 is 5.97 Å². The molecule has 5 rings (SSSR count). The maximum absolute atomic E-state index is 11.8. The second-order valence-electron chi connectivity index (χ2n) is 7.77. The summed E-state index contributed by atoms with van der Waals surface area (Å²) in [6.45, 7) is 4.18. The number of ether oxygens (including phenoxy) is 1. The first kappa shape index (κ1) is 18.0. The molecule has 0 radical (unpaired) electrons. The Bertz CT molecular complexity index is 1200. The van der Waals surface area contributed by atoms with Crippen molar-refractivity contribution in [2.24, 2.45) is 0 Å². The minimum atomic E-state index is -0.309. The molecule has 148 valence electrons. The summed E-state index contributed by atoms with van der Waals surface area (Å²) in [5.41, 5.74) is 6.88. The Hall–Kier alpha value is -3.05. The van der Waals surface area contributed by atoms with E-state index in [0.717, 1.165) is 36.8 Å². The lowest BCUT2D eigenvalue weighted by molar-refractivity contribution is 0.0601. The fourth-order valence-electron chi connectivity index (χ4n) is 4.80. The number of aromatic nitrogens is 2. The van der Waals surface area contributed by atoms with E-state index in [1.807, 2.05) is 18.2 Å². The summed E-state index contributed by atoms with van der Waals surface area (Å²) in [4.78, 5) is 21.4. The predicted octanol–water partition coefficient (Wildman–Crippen LogP) is 4.95. The van der Waals surface area contributed by atoms with Crippen LogP contribution in [-0.4, -0.2) is 34.5 Å². The Kier molecular flexibility index (Phi) is 4.40. The van der Waals surface area contributed by atoms with Crippen molar-refractivity contribution >= 4 is 27.8 Å². The average molecular weight is 387 g/mol. The molecule has 1 unspecified atom stereocenters. The van der Waals surface area contributed by atoms with Gasteiger partial charge in [-0.2, -0.15) is 0 Å². The molecule has 5 heteroatoms. The zero-order chi connectivity index (χ0) is 20.0. The number of carbonyl (C=O) groups is 1. The monoisotopic (exact) mass is 387 g/mol. The van der Waals surface area contributed by atoms with Crippen molar-refractivity contribution < 1.29 is 9.53 Å². The lowest BCUT2D eigenvalue weighted by atomic mass is 9.95. The summed E-state index contributed by atoms with van der Waals surface area (Å²) in [6.07, 6.45) is 4.19. The van der Waals surface area contributed by atoms with Crippen LogP contribution in [0.3, 0.4) is 0 Å². The first-order chi connectivity index (χ1) is 14.2. The van der Waals surface area contributed by atoms with Crippen molar-refractivity contribution in [1.29, 1.82) is 0 Å². The number of nitrogens with one attached hydrogen (secondary N) is 2. The van der Waals surface area contributed by atoms with E-state index in [9.17, 15) is 4.79 Å². The first-order valence-corrected chi connectivity index (χ1v) is 10.2. The van der Waals surface area contributed by atoms with Crippen molar-refractivity contribution in [2.75, 3.05) is 13.7 Å². The van der Waals surface area contributed by atoms with Gasteiger partial charge in [0, 0.05) is 46.8 Å². The fourth-order valence-corrected chi connectivity index (χ4v) is 4.80. The summed E-state index contributed by atoms with van der Waals surface area (Å²) in [7, 11) is 1.41. The number of methoxy groups -OCH3 is 1. The van der Waals surface area contributed by atoms with Gasteiger partial charge in [-0.1, -0.05) is 31.2 Å². The second-order valence-corrected chi connectivity index (χ2v) is 7.77. The molecule has 3 heterocycles. The van der Waals surface area contributed by atoms with Crippen LogP contribution in [0.15, 0.2) is 48.7 Å². The molecule has 0 amide bonds. The number of fused-ring (bicyclic) bond motifs is 4. The van der Waals surface area contributed by atoms with E-state index in [0.29, 0.717) is 11.6 Å². The van der Waals surface area contributed by atoms with Gasteiger partial charge in [0.2, 0.25) is 0 Å². The SMILES string of the molecule is CCC1c2[nH]c3ccccc3c2CCN1Cc1c[nH]c2cc(C(=O)OC)ccc12. The molecule has 29 heavy (non-hydrogen) atoms. The van der Waals surface area contributed by atoms with Gasteiger partial charge in [-0.15, -0.1) is 0 Å². The van der Waals surface area contributed by atoms with Crippen molar-refractivity contribution in [2.45, 2.75) is 32.4 Å². The van der Waals surface area contributed by atoms with Crippen LogP contribution in [0.2, 0.25) is 0 Å². The Labute approximate surface area is 169 Å². The van der Waals surface area contributed by atoms with E-state index < -0.39 is 0 Å². The van der Waals surface area contributed by atoms with Crippen LogP contribution in [0.25, 0.3) is 21.8 Å². The summed E-state index contributed by atoms with van der Waals surface area (Å²) in [5, 5.41) is 2.53. The van der Waals surface area contributed by atoms with Gasteiger partial charge in [0.05, 0.1) is 18.7 Å².